The van der Waals surface area contributed by atoms with Gasteiger partial charge in [0, 0.05) is 16.7 Å². The van der Waals surface area contributed by atoms with Crippen LogP contribution in [0.25, 0.3) is 10.3 Å². The van der Waals surface area contributed by atoms with Crippen molar-refractivity contribution >= 4 is 74.3 Å². The molecule has 1 fully saturated rings. The van der Waals surface area contributed by atoms with Gasteiger partial charge in [-0.15, -0.1) is 34.4 Å². The highest BCUT2D eigenvalue weighted by Crippen LogP contribution is 2.41. The molecule has 2 aliphatic heterocycles. The largest absolute Gasteiger partial charge is 0.477 e. The highest BCUT2D eigenvalue weighted by atomic mass is 32.2. The summed E-state index contributed by atoms with van der Waals surface area (Å²) in [6, 6.07) is 6.16. The van der Waals surface area contributed by atoms with Crippen molar-refractivity contribution in [1.29, 1.82) is 0 Å². The number of nitrogens with zero attached hydrogens (tertiary/aromatic N) is 1. The Morgan fingerprint density at radius 1 is 1.32 bits per heavy atom. The number of furan rings is 1. The monoisotopic (exact) mass is 532 g/mol. The SMILES string of the molecule is O=C(Cc1cccs1)NC1C(=O)N2C(C(=O)O)=C(C=CSc3cc(=O)c4occc4s3)CS[C@@H]12. The Hall–Kier alpha value is -2.80. The quantitative estimate of drug-likeness (QED) is 0.351. The third-order valence-electron chi connectivity index (χ3n) is 5.20. The molecule has 0 saturated carbocycles. The molecule has 34 heavy (non-hydrogen) atoms. The fourth-order valence-electron chi connectivity index (χ4n) is 3.68. The molecule has 12 heteroatoms. The van der Waals surface area contributed by atoms with E-state index in [0.29, 0.717) is 16.9 Å². The summed E-state index contributed by atoms with van der Waals surface area (Å²) in [7, 11) is 0. The van der Waals surface area contributed by atoms with Crippen molar-refractivity contribution in [2.24, 2.45) is 0 Å². The van der Waals surface area contributed by atoms with E-state index >= 15 is 0 Å². The molecule has 2 aliphatic rings. The van der Waals surface area contributed by atoms with Crippen LogP contribution < -0.4 is 10.7 Å². The zero-order chi connectivity index (χ0) is 23.8. The average molecular weight is 533 g/mol. The molecule has 0 spiro atoms. The molecule has 5 rings (SSSR count). The van der Waals surface area contributed by atoms with E-state index in [1.807, 2.05) is 17.5 Å². The number of carboxylic acid groups (broad SMARTS) is 1. The number of carbonyl (C=O) groups excluding carboxylic acids is 2. The van der Waals surface area contributed by atoms with Crippen molar-refractivity contribution in [2.45, 2.75) is 22.0 Å². The number of hydrogen-bond donors (Lipinski definition) is 2. The number of thiophene rings is 1. The number of amides is 2. The molecule has 0 bridgehead atoms. The van der Waals surface area contributed by atoms with Crippen LogP contribution in [0, 0.1) is 0 Å². The van der Waals surface area contributed by atoms with E-state index in [4.69, 9.17) is 4.42 Å². The summed E-state index contributed by atoms with van der Waals surface area (Å²) in [5, 5.41) is 15.7. The van der Waals surface area contributed by atoms with Gasteiger partial charge in [0.05, 0.1) is 21.6 Å². The smallest absolute Gasteiger partial charge is 0.352 e. The highest BCUT2D eigenvalue weighted by molar-refractivity contribution is 8.04. The third-order valence-corrected chi connectivity index (χ3v) is 9.40. The van der Waals surface area contributed by atoms with Crippen molar-refractivity contribution in [3.8, 4) is 0 Å². The Kier molecular flexibility index (Phi) is 6.38. The zero-order valence-corrected chi connectivity index (χ0v) is 20.5. The number of aliphatic carboxylic acids is 1. The summed E-state index contributed by atoms with van der Waals surface area (Å²) in [6.45, 7) is 0. The number of rotatable bonds is 7. The summed E-state index contributed by atoms with van der Waals surface area (Å²) < 4.78 is 6.65. The molecule has 2 N–H and O–H groups in total. The molecule has 8 nitrogen and oxygen atoms in total. The molecule has 0 aliphatic carbocycles. The van der Waals surface area contributed by atoms with Gasteiger partial charge < -0.3 is 14.8 Å². The van der Waals surface area contributed by atoms with Gasteiger partial charge in [-0.05, 0) is 34.6 Å². The van der Waals surface area contributed by atoms with E-state index < -0.39 is 23.3 Å². The normalized spacial score (nSPS) is 20.0. The Balaban J connectivity index is 1.29. The van der Waals surface area contributed by atoms with Crippen molar-refractivity contribution in [2.75, 3.05) is 5.75 Å². The van der Waals surface area contributed by atoms with E-state index in [-0.39, 0.29) is 23.5 Å². The number of nitrogens with one attached hydrogen (secondary N) is 1. The maximum atomic E-state index is 12.8. The van der Waals surface area contributed by atoms with E-state index in [9.17, 15) is 24.3 Å². The van der Waals surface area contributed by atoms with Crippen molar-refractivity contribution in [3.05, 3.63) is 73.8 Å². The molecular weight excluding hydrogens is 517 g/mol. The van der Waals surface area contributed by atoms with Gasteiger partial charge in [-0.3, -0.25) is 19.3 Å². The molecule has 174 valence electrons. The minimum absolute atomic E-state index is 0.0761. The second-order valence-corrected chi connectivity index (χ2v) is 11.8. The second kappa shape index (κ2) is 9.45. The number of hydrogen-bond acceptors (Lipinski definition) is 9. The molecule has 0 aromatic carbocycles. The number of thioether (sulfide) groups is 2. The van der Waals surface area contributed by atoms with E-state index in [2.05, 4.69) is 5.32 Å². The van der Waals surface area contributed by atoms with Gasteiger partial charge in [-0.1, -0.05) is 17.8 Å². The molecule has 1 unspecified atom stereocenters. The number of β-lactam (4-membered cyclic amide) rings is 1. The predicted octanol–water partition coefficient (Wildman–Crippen LogP) is 3.50. The lowest BCUT2D eigenvalue weighted by Crippen LogP contribution is -2.70. The van der Waals surface area contributed by atoms with E-state index in [0.717, 1.165) is 13.8 Å². The number of carbonyl (C=O) groups is 3. The number of carboxylic acids is 1. The topological polar surface area (TPSA) is 117 Å². The first-order valence-electron chi connectivity index (χ1n) is 10.00. The molecule has 0 radical (unpaired) electrons. The minimum atomic E-state index is -1.20. The van der Waals surface area contributed by atoms with Crippen molar-refractivity contribution in [3.63, 3.8) is 0 Å². The number of allylic oxidation sites excluding steroid dienone is 1. The molecule has 2 atom stereocenters. The lowest BCUT2D eigenvalue weighted by Gasteiger charge is -2.49. The Bertz CT molecular complexity index is 1400. The third kappa shape index (κ3) is 4.33. The maximum absolute atomic E-state index is 12.8. The molecule has 1 saturated heterocycles. The fourth-order valence-corrected chi connectivity index (χ4v) is 7.62. The van der Waals surface area contributed by atoms with E-state index in [1.165, 1.54) is 63.4 Å². The Morgan fingerprint density at radius 3 is 2.94 bits per heavy atom. The summed E-state index contributed by atoms with van der Waals surface area (Å²) >= 11 is 5.56. The van der Waals surface area contributed by atoms with Gasteiger partial charge in [0.15, 0.2) is 5.58 Å². The molecule has 3 aromatic rings. The van der Waals surface area contributed by atoms with Crippen LogP contribution in [0.3, 0.4) is 0 Å². The van der Waals surface area contributed by atoms with Crippen LogP contribution >= 0.6 is 46.2 Å². The lowest BCUT2D eigenvalue weighted by molar-refractivity contribution is -0.150. The highest BCUT2D eigenvalue weighted by Gasteiger charge is 2.53. The van der Waals surface area contributed by atoms with Gasteiger partial charge in [-0.2, -0.15) is 0 Å². The van der Waals surface area contributed by atoms with Gasteiger partial charge in [0.1, 0.15) is 17.1 Å². The molecule has 3 aromatic heterocycles. The van der Waals surface area contributed by atoms with Crippen molar-refractivity contribution in [1.82, 2.24) is 10.2 Å². The average Bonchev–Trinajstić information content (AvgIpc) is 3.49. The molecule has 2 amide bonds. The number of fused-ring (bicyclic) bond motifs is 2. The lowest BCUT2D eigenvalue weighted by atomic mass is 10.0. The van der Waals surface area contributed by atoms with Gasteiger partial charge in [0.25, 0.3) is 5.91 Å². The zero-order valence-electron chi connectivity index (χ0n) is 17.3. The van der Waals surface area contributed by atoms with Crippen LogP contribution in [-0.4, -0.2) is 45.0 Å². The van der Waals surface area contributed by atoms with Gasteiger partial charge >= 0.3 is 5.97 Å². The standard InChI is InChI=1S/C22H16N2O6S4/c25-13-9-16(34-14-3-5-30-19(13)14)32-7-4-11-10-33-21-17(20(27)24(21)18(11)22(28)29)23-15(26)8-12-2-1-6-31-12/h1-7,9,17,21H,8,10H2,(H,23,26)(H,28,29)/t17?,21-/m0/s1. The first kappa shape index (κ1) is 23.0. The van der Waals surface area contributed by atoms with Crippen LogP contribution in [0.15, 0.2) is 72.1 Å². The van der Waals surface area contributed by atoms with Crippen LogP contribution in [0.5, 0.6) is 0 Å². The second-order valence-electron chi connectivity index (χ2n) is 7.35. The first-order chi connectivity index (χ1) is 16.4. The predicted molar refractivity (Wildman–Crippen MR) is 133 cm³/mol. The Labute approximate surface area is 209 Å². The van der Waals surface area contributed by atoms with Crippen LogP contribution in [0.4, 0.5) is 0 Å². The fraction of sp³-hybridized carbons (Fsp3) is 0.182. The van der Waals surface area contributed by atoms with E-state index in [1.54, 1.807) is 17.6 Å². The van der Waals surface area contributed by atoms with Gasteiger partial charge in [0.2, 0.25) is 11.3 Å². The maximum Gasteiger partial charge on any atom is 0.352 e. The molecular formula is C22H16N2O6S4. The summed E-state index contributed by atoms with van der Waals surface area (Å²) in [4.78, 5) is 51.3. The minimum Gasteiger partial charge on any atom is -0.477 e. The summed E-state index contributed by atoms with van der Waals surface area (Å²) in [5.74, 6) is -1.52. The van der Waals surface area contributed by atoms with Gasteiger partial charge in [-0.25, -0.2) is 4.79 Å². The van der Waals surface area contributed by atoms with Crippen LogP contribution in [0.2, 0.25) is 0 Å². The Morgan fingerprint density at radius 2 is 2.18 bits per heavy atom. The van der Waals surface area contributed by atoms with Crippen LogP contribution in [-0.2, 0) is 20.8 Å². The van der Waals surface area contributed by atoms with Crippen molar-refractivity contribution < 1.29 is 23.9 Å². The van der Waals surface area contributed by atoms with Crippen LogP contribution in [0.1, 0.15) is 4.88 Å². The molecule has 5 heterocycles. The summed E-state index contributed by atoms with van der Waals surface area (Å²) in [5.41, 5.74) is 0.522. The summed E-state index contributed by atoms with van der Waals surface area (Å²) in [6.07, 6.45) is 3.31. The first-order valence-corrected chi connectivity index (χ1v) is 13.6.